The van der Waals surface area contributed by atoms with Gasteiger partial charge in [0.2, 0.25) is 0 Å². The average Bonchev–Trinajstić information content (AvgIpc) is 3.16. The van der Waals surface area contributed by atoms with Crippen LogP contribution in [0.15, 0.2) is 40.2 Å². The average molecular weight is 392 g/mol. The molecule has 2 atom stereocenters. The fraction of sp³-hybridized carbons (Fsp3) is 0.438. The molecule has 2 unspecified atom stereocenters. The first-order valence-corrected chi connectivity index (χ1v) is 9.73. The number of hydrogen-bond acceptors (Lipinski definition) is 6. The maximum atomic E-state index is 4.70. The summed E-state index contributed by atoms with van der Waals surface area (Å²) in [6.07, 6.45) is 6.96. The highest BCUT2D eigenvalue weighted by Gasteiger charge is 2.44. The van der Waals surface area contributed by atoms with E-state index in [9.17, 15) is 0 Å². The summed E-state index contributed by atoms with van der Waals surface area (Å²) in [5.74, 6) is 1.04. The SMILES string of the molecule is CSc1ncc(Br)c(N2CC3CC2CN3Cc2ccccn2)n1. The summed E-state index contributed by atoms with van der Waals surface area (Å²) in [6.45, 7) is 3.05. The molecule has 0 spiro atoms. The number of fused-ring (bicyclic) bond motifs is 2. The van der Waals surface area contributed by atoms with Crippen molar-refractivity contribution in [2.45, 2.75) is 30.2 Å². The Bertz CT molecular complexity index is 698. The molecule has 2 aromatic rings. The van der Waals surface area contributed by atoms with Crippen molar-refractivity contribution >= 4 is 33.5 Å². The van der Waals surface area contributed by atoms with Gasteiger partial charge in [-0.2, -0.15) is 0 Å². The lowest BCUT2D eigenvalue weighted by atomic mass is 10.2. The molecule has 0 aliphatic carbocycles. The maximum absolute atomic E-state index is 4.70. The van der Waals surface area contributed by atoms with E-state index in [1.165, 1.54) is 6.42 Å². The first-order valence-electron chi connectivity index (χ1n) is 7.71. The van der Waals surface area contributed by atoms with Gasteiger partial charge >= 0.3 is 0 Å². The van der Waals surface area contributed by atoms with Gasteiger partial charge in [-0.15, -0.1) is 0 Å². The molecule has 0 radical (unpaired) electrons. The van der Waals surface area contributed by atoms with Gasteiger partial charge in [0.25, 0.3) is 0 Å². The van der Waals surface area contributed by atoms with E-state index < -0.39 is 0 Å². The van der Waals surface area contributed by atoms with Crippen molar-refractivity contribution in [2.24, 2.45) is 0 Å². The van der Waals surface area contributed by atoms with E-state index in [2.05, 4.69) is 47.8 Å². The summed E-state index contributed by atoms with van der Waals surface area (Å²) in [5.41, 5.74) is 1.15. The van der Waals surface area contributed by atoms with Crippen molar-refractivity contribution in [3.63, 3.8) is 0 Å². The van der Waals surface area contributed by atoms with E-state index in [-0.39, 0.29) is 0 Å². The summed E-state index contributed by atoms with van der Waals surface area (Å²) in [6, 6.07) is 7.25. The van der Waals surface area contributed by atoms with Crippen LogP contribution in [-0.2, 0) is 6.54 Å². The first-order chi connectivity index (χ1) is 11.2. The van der Waals surface area contributed by atoms with E-state index in [0.29, 0.717) is 12.1 Å². The molecule has 2 aromatic heterocycles. The summed E-state index contributed by atoms with van der Waals surface area (Å²) in [5, 5.41) is 0.830. The van der Waals surface area contributed by atoms with Crippen LogP contribution in [0.5, 0.6) is 0 Å². The molecule has 2 aliphatic heterocycles. The van der Waals surface area contributed by atoms with Crippen molar-refractivity contribution in [2.75, 3.05) is 24.2 Å². The lowest BCUT2D eigenvalue weighted by molar-refractivity contribution is 0.227. The fourth-order valence-corrected chi connectivity index (χ4v) is 4.30. The van der Waals surface area contributed by atoms with Crippen LogP contribution in [0.2, 0.25) is 0 Å². The quantitative estimate of drug-likeness (QED) is 0.589. The second-order valence-corrected chi connectivity index (χ2v) is 7.60. The molecule has 120 valence electrons. The molecule has 23 heavy (non-hydrogen) atoms. The van der Waals surface area contributed by atoms with Crippen molar-refractivity contribution in [1.82, 2.24) is 19.9 Å². The Kier molecular flexibility index (Phi) is 4.26. The van der Waals surface area contributed by atoms with Gasteiger partial charge in [0, 0.05) is 44.1 Å². The molecule has 0 N–H and O–H groups in total. The van der Waals surface area contributed by atoms with E-state index in [1.54, 1.807) is 11.8 Å². The van der Waals surface area contributed by atoms with Crippen LogP contribution in [0.4, 0.5) is 5.82 Å². The Hall–Kier alpha value is -1.18. The van der Waals surface area contributed by atoms with Crippen molar-refractivity contribution in [3.05, 3.63) is 40.8 Å². The molecule has 2 fully saturated rings. The highest BCUT2D eigenvalue weighted by molar-refractivity contribution is 9.10. The van der Waals surface area contributed by atoms with Crippen LogP contribution in [-0.4, -0.2) is 51.3 Å². The summed E-state index contributed by atoms with van der Waals surface area (Å²) < 4.78 is 0.985. The third-order valence-corrected chi connectivity index (χ3v) is 5.72. The van der Waals surface area contributed by atoms with Crippen LogP contribution in [0, 0.1) is 0 Å². The smallest absolute Gasteiger partial charge is 0.189 e. The lowest BCUT2D eigenvalue weighted by Crippen LogP contribution is -2.46. The Labute approximate surface area is 148 Å². The largest absolute Gasteiger partial charge is 0.350 e. The third kappa shape index (κ3) is 2.97. The second-order valence-electron chi connectivity index (χ2n) is 5.97. The monoisotopic (exact) mass is 391 g/mol. The molecule has 7 heteroatoms. The van der Waals surface area contributed by atoms with Crippen molar-refractivity contribution in [1.29, 1.82) is 0 Å². The molecule has 4 rings (SSSR count). The molecular formula is C16H18BrN5S. The summed E-state index contributed by atoms with van der Waals surface area (Å²) >= 11 is 5.19. The second kappa shape index (κ2) is 6.37. The molecule has 5 nitrogen and oxygen atoms in total. The van der Waals surface area contributed by atoms with Gasteiger partial charge in [-0.3, -0.25) is 9.88 Å². The Morgan fingerprint density at radius 2 is 2.17 bits per heavy atom. The molecule has 0 amide bonds. The number of nitrogens with zero attached hydrogens (tertiary/aromatic N) is 5. The van der Waals surface area contributed by atoms with Gasteiger partial charge in [0.1, 0.15) is 5.82 Å². The maximum Gasteiger partial charge on any atom is 0.189 e. The number of pyridine rings is 1. The number of halogens is 1. The normalized spacial score (nSPS) is 23.7. The number of piperazine rings is 1. The molecule has 2 aliphatic rings. The predicted octanol–water partition coefficient (Wildman–Crippen LogP) is 2.82. The van der Waals surface area contributed by atoms with E-state index in [0.717, 1.165) is 40.8 Å². The molecular weight excluding hydrogens is 374 g/mol. The van der Waals surface area contributed by atoms with Gasteiger partial charge in [0.05, 0.1) is 10.2 Å². The molecule has 2 saturated heterocycles. The van der Waals surface area contributed by atoms with Gasteiger partial charge < -0.3 is 4.90 Å². The number of likely N-dealkylation sites (tertiary alicyclic amines) is 1. The molecule has 4 heterocycles. The molecule has 0 aromatic carbocycles. The first kappa shape index (κ1) is 15.4. The van der Waals surface area contributed by atoms with E-state index >= 15 is 0 Å². The number of aromatic nitrogens is 3. The van der Waals surface area contributed by atoms with Crippen LogP contribution in [0.25, 0.3) is 0 Å². The summed E-state index contributed by atoms with van der Waals surface area (Å²) in [7, 11) is 0. The van der Waals surface area contributed by atoms with Crippen LogP contribution >= 0.6 is 27.7 Å². The predicted molar refractivity (Wildman–Crippen MR) is 95.7 cm³/mol. The third-order valence-electron chi connectivity index (χ3n) is 4.60. The Morgan fingerprint density at radius 1 is 1.26 bits per heavy atom. The van der Waals surface area contributed by atoms with Crippen LogP contribution < -0.4 is 4.90 Å². The van der Waals surface area contributed by atoms with Crippen LogP contribution in [0.1, 0.15) is 12.1 Å². The minimum Gasteiger partial charge on any atom is -0.350 e. The Balaban J connectivity index is 1.49. The fourth-order valence-electron chi connectivity index (χ4n) is 3.54. The van der Waals surface area contributed by atoms with E-state index in [1.807, 2.05) is 24.7 Å². The highest BCUT2D eigenvalue weighted by atomic mass is 79.9. The minimum absolute atomic E-state index is 0.532. The minimum atomic E-state index is 0.532. The topological polar surface area (TPSA) is 45.2 Å². The van der Waals surface area contributed by atoms with Gasteiger partial charge in [-0.25, -0.2) is 9.97 Å². The zero-order chi connectivity index (χ0) is 15.8. The number of thioether (sulfide) groups is 1. The zero-order valence-electron chi connectivity index (χ0n) is 12.9. The van der Waals surface area contributed by atoms with Gasteiger partial charge in [-0.05, 0) is 40.7 Å². The lowest BCUT2D eigenvalue weighted by Gasteiger charge is -2.35. The molecule has 0 saturated carbocycles. The standard InChI is InChI=1S/C16H18BrN5S/c1-23-16-19-7-14(17)15(20-16)22-10-12-6-13(22)9-21(12)8-11-4-2-3-5-18-11/h2-5,7,12-13H,6,8-10H2,1H3. The highest BCUT2D eigenvalue weighted by Crippen LogP contribution is 2.37. The molecule has 2 bridgehead atoms. The number of anilines is 1. The number of hydrogen-bond donors (Lipinski definition) is 0. The van der Waals surface area contributed by atoms with Gasteiger partial charge in [0.15, 0.2) is 5.16 Å². The van der Waals surface area contributed by atoms with Crippen molar-refractivity contribution < 1.29 is 0 Å². The number of rotatable bonds is 4. The van der Waals surface area contributed by atoms with Gasteiger partial charge in [-0.1, -0.05) is 17.8 Å². The zero-order valence-corrected chi connectivity index (χ0v) is 15.3. The van der Waals surface area contributed by atoms with Crippen LogP contribution in [0.3, 0.4) is 0 Å². The summed E-state index contributed by atoms with van der Waals surface area (Å²) in [4.78, 5) is 18.5. The van der Waals surface area contributed by atoms with Crippen molar-refractivity contribution in [3.8, 4) is 0 Å². The van der Waals surface area contributed by atoms with E-state index in [4.69, 9.17) is 4.98 Å². The Morgan fingerprint density at radius 3 is 2.87 bits per heavy atom.